The minimum atomic E-state index is 1.03. The van der Waals surface area contributed by atoms with Crippen LogP contribution in [0.15, 0.2) is 13.6 Å². The minimum absolute atomic E-state index is 1.03. The molecule has 0 aliphatic rings. The minimum Gasteiger partial charge on any atom is -0.319 e. The number of nitrogens with one attached hydrogen (secondary N) is 1. The van der Waals surface area contributed by atoms with Gasteiger partial charge in [-0.15, -0.1) is 11.3 Å². The Hall–Kier alpha value is 0.620. The SMILES string of the molecule is CNCCc1cc(Br)sc1Br. The highest BCUT2D eigenvalue weighted by atomic mass is 79.9. The number of hydrogen-bond acceptors (Lipinski definition) is 2. The molecule has 0 spiro atoms. The van der Waals surface area contributed by atoms with Crippen molar-refractivity contribution in [3.63, 3.8) is 0 Å². The van der Waals surface area contributed by atoms with Crippen molar-refractivity contribution in [2.24, 2.45) is 0 Å². The lowest BCUT2D eigenvalue weighted by atomic mass is 10.2. The van der Waals surface area contributed by atoms with Gasteiger partial charge in [0.1, 0.15) is 0 Å². The van der Waals surface area contributed by atoms with Crippen molar-refractivity contribution in [1.29, 1.82) is 0 Å². The van der Waals surface area contributed by atoms with E-state index >= 15 is 0 Å². The Morgan fingerprint density at radius 1 is 1.55 bits per heavy atom. The van der Waals surface area contributed by atoms with Crippen LogP contribution in [0.5, 0.6) is 0 Å². The molecule has 0 radical (unpaired) electrons. The van der Waals surface area contributed by atoms with Gasteiger partial charge >= 0.3 is 0 Å². The zero-order valence-electron chi connectivity index (χ0n) is 6.16. The molecule has 0 aliphatic heterocycles. The maximum atomic E-state index is 3.51. The van der Waals surface area contributed by atoms with Gasteiger partial charge in [0.05, 0.1) is 7.57 Å². The van der Waals surface area contributed by atoms with Gasteiger partial charge in [0.2, 0.25) is 0 Å². The fourth-order valence-corrected chi connectivity index (χ4v) is 3.72. The highest BCUT2D eigenvalue weighted by Crippen LogP contribution is 2.31. The molecule has 0 aromatic carbocycles. The second-order valence-corrected chi connectivity index (χ2v) is 5.95. The van der Waals surface area contributed by atoms with Gasteiger partial charge in [-0.25, -0.2) is 0 Å². The molecule has 1 heterocycles. The summed E-state index contributed by atoms with van der Waals surface area (Å²) in [7, 11) is 1.97. The van der Waals surface area contributed by atoms with E-state index in [-0.39, 0.29) is 0 Å². The van der Waals surface area contributed by atoms with Gasteiger partial charge in [0.15, 0.2) is 0 Å². The third kappa shape index (κ3) is 2.86. The largest absolute Gasteiger partial charge is 0.319 e. The third-order valence-electron chi connectivity index (χ3n) is 1.37. The van der Waals surface area contributed by atoms with Crippen molar-refractivity contribution in [2.45, 2.75) is 6.42 Å². The summed E-state index contributed by atoms with van der Waals surface area (Å²) in [5, 5.41) is 3.12. The van der Waals surface area contributed by atoms with Gasteiger partial charge < -0.3 is 5.32 Å². The molecule has 0 saturated carbocycles. The van der Waals surface area contributed by atoms with Crippen molar-refractivity contribution >= 4 is 43.2 Å². The lowest BCUT2D eigenvalue weighted by molar-refractivity contribution is 0.792. The monoisotopic (exact) mass is 297 g/mol. The predicted molar refractivity (Wildman–Crippen MR) is 57.3 cm³/mol. The van der Waals surface area contributed by atoms with E-state index in [9.17, 15) is 0 Å². The third-order valence-corrected chi connectivity index (χ3v) is 3.84. The van der Waals surface area contributed by atoms with Crippen LogP contribution >= 0.6 is 43.2 Å². The Kier molecular flexibility index (Phi) is 4.06. The van der Waals surface area contributed by atoms with Crippen molar-refractivity contribution in [2.75, 3.05) is 13.6 Å². The van der Waals surface area contributed by atoms with Crippen molar-refractivity contribution in [3.8, 4) is 0 Å². The first-order valence-corrected chi connectivity index (χ1v) is 5.72. The first-order chi connectivity index (χ1) is 5.24. The molecule has 11 heavy (non-hydrogen) atoms. The average molecular weight is 299 g/mol. The summed E-state index contributed by atoms with van der Waals surface area (Å²) in [5.41, 5.74) is 1.37. The first kappa shape index (κ1) is 9.71. The summed E-state index contributed by atoms with van der Waals surface area (Å²) in [6, 6.07) is 2.16. The van der Waals surface area contributed by atoms with Gasteiger partial charge in [-0.05, 0) is 63.5 Å². The van der Waals surface area contributed by atoms with Gasteiger partial charge in [0.25, 0.3) is 0 Å². The summed E-state index contributed by atoms with van der Waals surface area (Å²) in [6.45, 7) is 1.03. The maximum Gasteiger partial charge on any atom is 0.0742 e. The van der Waals surface area contributed by atoms with Crippen molar-refractivity contribution in [1.82, 2.24) is 5.32 Å². The quantitative estimate of drug-likeness (QED) is 0.904. The van der Waals surface area contributed by atoms with Crippen LogP contribution in [0.4, 0.5) is 0 Å². The van der Waals surface area contributed by atoms with Gasteiger partial charge in [-0.1, -0.05) is 0 Å². The maximum absolute atomic E-state index is 3.51. The molecule has 0 aliphatic carbocycles. The number of thiophene rings is 1. The fourth-order valence-electron chi connectivity index (χ4n) is 0.804. The van der Waals surface area contributed by atoms with E-state index in [2.05, 4.69) is 43.2 Å². The zero-order chi connectivity index (χ0) is 8.27. The first-order valence-electron chi connectivity index (χ1n) is 3.32. The predicted octanol–water partition coefficient (Wildman–Crippen LogP) is 3.04. The van der Waals surface area contributed by atoms with Crippen LogP contribution in [-0.4, -0.2) is 13.6 Å². The highest BCUT2D eigenvalue weighted by Gasteiger charge is 2.03. The van der Waals surface area contributed by atoms with Gasteiger partial charge in [-0.2, -0.15) is 0 Å². The normalized spacial score (nSPS) is 10.5. The second-order valence-electron chi connectivity index (χ2n) is 2.20. The van der Waals surface area contributed by atoms with E-state index in [1.54, 1.807) is 11.3 Å². The second kappa shape index (κ2) is 4.60. The topological polar surface area (TPSA) is 12.0 Å². The molecule has 4 heteroatoms. The Morgan fingerprint density at radius 2 is 2.27 bits per heavy atom. The molecule has 1 nitrogen and oxygen atoms in total. The van der Waals surface area contributed by atoms with Gasteiger partial charge in [0, 0.05) is 0 Å². The number of halogens is 2. The number of hydrogen-bond donors (Lipinski definition) is 1. The number of likely N-dealkylation sites (N-methyl/N-ethyl adjacent to an activating group) is 1. The molecule has 1 aromatic heterocycles. The van der Waals surface area contributed by atoms with Crippen molar-refractivity contribution in [3.05, 3.63) is 19.2 Å². The molecule has 1 aromatic rings. The molecule has 0 atom stereocenters. The van der Waals surface area contributed by atoms with E-state index in [0.29, 0.717) is 0 Å². The Balaban J connectivity index is 2.62. The molecule has 0 saturated heterocycles. The van der Waals surface area contributed by atoms with Crippen LogP contribution in [-0.2, 0) is 6.42 Å². The van der Waals surface area contributed by atoms with E-state index in [4.69, 9.17) is 0 Å². The molecule has 0 unspecified atom stereocenters. The van der Waals surface area contributed by atoms with E-state index in [1.807, 2.05) is 7.05 Å². The van der Waals surface area contributed by atoms with Crippen molar-refractivity contribution < 1.29 is 0 Å². The summed E-state index contributed by atoms with van der Waals surface area (Å²) in [4.78, 5) is 0. The highest BCUT2D eigenvalue weighted by molar-refractivity contribution is 9.12. The molecular weight excluding hydrogens is 290 g/mol. The summed E-state index contributed by atoms with van der Waals surface area (Å²) in [6.07, 6.45) is 1.08. The summed E-state index contributed by atoms with van der Waals surface area (Å²) < 4.78 is 2.43. The van der Waals surface area contributed by atoms with E-state index in [1.165, 1.54) is 13.1 Å². The molecular formula is C7H9Br2NS. The summed E-state index contributed by atoms with van der Waals surface area (Å²) in [5.74, 6) is 0. The molecule has 0 bridgehead atoms. The Morgan fingerprint density at radius 3 is 2.73 bits per heavy atom. The van der Waals surface area contributed by atoms with Crippen LogP contribution in [0, 0.1) is 0 Å². The molecule has 0 fully saturated rings. The lowest BCUT2D eigenvalue weighted by Gasteiger charge is -1.96. The standard InChI is InChI=1S/C7H9Br2NS/c1-10-3-2-5-4-6(8)11-7(5)9/h4,10H,2-3H2,1H3. The molecule has 1 N–H and O–H groups in total. The Bertz CT molecular complexity index is 234. The zero-order valence-corrected chi connectivity index (χ0v) is 10.1. The van der Waals surface area contributed by atoms with E-state index < -0.39 is 0 Å². The number of rotatable bonds is 3. The average Bonchev–Trinajstić information content (AvgIpc) is 2.26. The van der Waals surface area contributed by atoms with E-state index in [0.717, 1.165) is 13.0 Å². The van der Waals surface area contributed by atoms with Crippen LogP contribution in [0.2, 0.25) is 0 Å². The summed E-state index contributed by atoms with van der Waals surface area (Å²) >= 11 is 8.68. The smallest absolute Gasteiger partial charge is 0.0742 e. The van der Waals surface area contributed by atoms with Crippen LogP contribution < -0.4 is 5.32 Å². The fraction of sp³-hybridized carbons (Fsp3) is 0.429. The molecule has 62 valence electrons. The van der Waals surface area contributed by atoms with Crippen LogP contribution in [0.3, 0.4) is 0 Å². The van der Waals surface area contributed by atoms with Gasteiger partial charge in [-0.3, -0.25) is 0 Å². The van der Waals surface area contributed by atoms with Crippen LogP contribution in [0.1, 0.15) is 5.56 Å². The lowest BCUT2D eigenvalue weighted by Crippen LogP contribution is -2.09. The Labute approximate surface area is 87.5 Å². The molecule has 0 amide bonds. The molecule has 1 rings (SSSR count). The van der Waals surface area contributed by atoms with Crippen LogP contribution in [0.25, 0.3) is 0 Å².